The summed E-state index contributed by atoms with van der Waals surface area (Å²) in [5.74, 6) is 0.885. The zero-order valence-corrected chi connectivity index (χ0v) is 11.9. The third kappa shape index (κ3) is 2.29. The molecule has 0 unspecified atom stereocenters. The summed E-state index contributed by atoms with van der Waals surface area (Å²) >= 11 is 0. The fourth-order valence-corrected chi connectivity index (χ4v) is 2.47. The lowest BCUT2D eigenvalue weighted by Crippen LogP contribution is -2.26. The Labute approximate surface area is 122 Å². The highest BCUT2D eigenvalue weighted by Gasteiger charge is 2.28. The lowest BCUT2D eigenvalue weighted by molar-refractivity contribution is 0.0746. The number of carbonyl (C=O) groups excluding carboxylic acids is 1. The van der Waals surface area contributed by atoms with Crippen molar-refractivity contribution in [2.45, 2.75) is 13.1 Å². The number of para-hydroxylation sites is 1. The first-order chi connectivity index (χ1) is 10.2. The highest BCUT2D eigenvalue weighted by atomic mass is 16.5. The highest BCUT2D eigenvalue weighted by Crippen LogP contribution is 2.33. The average Bonchev–Trinajstić information content (AvgIpc) is 2.97. The van der Waals surface area contributed by atoms with Crippen LogP contribution in [0.3, 0.4) is 0 Å². The molecule has 1 aromatic carbocycles. The lowest BCUT2D eigenvalue weighted by atomic mass is 10.1. The number of ether oxygens (including phenoxy) is 2. The summed E-state index contributed by atoms with van der Waals surface area (Å²) in [4.78, 5) is 22.6. The van der Waals surface area contributed by atoms with Gasteiger partial charge in [0, 0.05) is 18.3 Å². The van der Waals surface area contributed by atoms with Gasteiger partial charge in [-0.2, -0.15) is 0 Å². The molecule has 0 saturated heterocycles. The molecule has 2 aromatic rings. The van der Waals surface area contributed by atoms with Crippen molar-refractivity contribution in [3.63, 3.8) is 0 Å². The van der Waals surface area contributed by atoms with Gasteiger partial charge in [0.05, 0.1) is 32.0 Å². The predicted octanol–water partition coefficient (Wildman–Crippen LogP) is 1.65. The van der Waals surface area contributed by atoms with Crippen molar-refractivity contribution >= 4 is 5.91 Å². The number of hydrogen-bond acceptors (Lipinski definition) is 5. The van der Waals surface area contributed by atoms with Crippen molar-refractivity contribution in [2.24, 2.45) is 0 Å². The molecule has 0 radical (unpaired) electrons. The van der Waals surface area contributed by atoms with Crippen molar-refractivity contribution in [2.75, 3.05) is 14.2 Å². The Bertz CT molecular complexity index is 663. The van der Waals surface area contributed by atoms with Crippen molar-refractivity contribution in [1.82, 2.24) is 14.9 Å². The largest absolute Gasteiger partial charge is 0.493 e. The van der Waals surface area contributed by atoms with E-state index in [2.05, 4.69) is 9.97 Å². The fraction of sp³-hybridized carbons (Fsp3) is 0.267. The Kier molecular flexibility index (Phi) is 3.43. The number of hydrogen-bond donors (Lipinski definition) is 0. The zero-order chi connectivity index (χ0) is 14.8. The Morgan fingerprint density at radius 3 is 2.81 bits per heavy atom. The van der Waals surface area contributed by atoms with Crippen LogP contribution in [-0.2, 0) is 13.1 Å². The Balaban J connectivity index is 1.91. The molecule has 6 nitrogen and oxygen atoms in total. The smallest absolute Gasteiger partial charge is 0.258 e. The molecule has 6 heteroatoms. The minimum Gasteiger partial charge on any atom is -0.493 e. The molecule has 1 amide bonds. The standard InChI is InChI=1S/C15H15N3O3/c1-20-13-5-3-4-11(14(13)21-2)15(19)18-7-10-6-16-9-17-12(10)8-18/h3-6,9H,7-8H2,1-2H3. The molecule has 0 aliphatic carbocycles. The van der Waals surface area contributed by atoms with Crippen LogP contribution >= 0.6 is 0 Å². The van der Waals surface area contributed by atoms with Gasteiger partial charge in [-0.05, 0) is 12.1 Å². The van der Waals surface area contributed by atoms with Crippen LogP contribution < -0.4 is 9.47 Å². The van der Waals surface area contributed by atoms with Gasteiger partial charge < -0.3 is 14.4 Å². The Morgan fingerprint density at radius 2 is 2.10 bits per heavy atom. The van der Waals surface area contributed by atoms with E-state index in [1.807, 2.05) is 0 Å². The number of amides is 1. The van der Waals surface area contributed by atoms with E-state index in [1.54, 1.807) is 36.4 Å². The summed E-state index contributed by atoms with van der Waals surface area (Å²) in [6.07, 6.45) is 3.25. The van der Waals surface area contributed by atoms with E-state index in [1.165, 1.54) is 13.4 Å². The second kappa shape index (κ2) is 5.40. The molecular weight excluding hydrogens is 270 g/mol. The van der Waals surface area contributed by atoms with Crippen molar-refractivity contribution in [3.8, 4) is 11.5 Å². The van der Waals surface area contributed by atoms with Gasteiger partial charge in [0.15, 0.2) is 11.5 Å². The zero-order valence-electron chi connectivity index (χ0n) is 11.9. The van der Waals surface area contributed by atoms with Crippen LogP contribution in [0.25, 0.3) is 0 Å². The highest BCUT2D eigenvalue weighted by molar-refractivity contribution is 5.98. The summed E-state index contributed by atoms with van der Waals surface area (Å²) in [7, 11) is 3.08. The SMILES string of the molecule is COc1cccc(C(=O)N2Cc3cncnc3C2)c1OC. The van der Waals surface area contributed by atoms with Crippen LogP contribution in [0.1, 0.15) is 21.6 Å². The molecule has 108 valence electrons. The van der Waals surface area contributed by atoms with E-state index in [9.17, 15) is 4.79 Å². The number of carbonyl (C=O) groups is 1. The average molecular weight is 285 g/mol. The van der Waals surface area contributed by atoms with Crippen LogP contribution in [0.2, 0.25) is 0 Å². The quantitative estimate of drug-likeness (QED) is 0.858. The molecule has 1 aromatic heterocycles. The second-order valence-electron chi connectivity index (χ2n) is 4.70. The van der Waals surface area contributed by atoms with Crippen LogP contribution in [0.5, 0.6) is 11.5 Å². The maximum atomic E-state index is 12.7. The third-order valence-corrected chi connectivity index (χ3v) is 3.50. The summed E-state index contributed by atoms with van der Waals surface area (Å²) < 4.78 is 10.6. The topological polar surface area (TPSA) is 64.5 Å². The first-order valence-corrected chi connectivity index (χ1v) is 6.52. The number of nitrogens with zero attached hydrogens (tertiary/aromatic N) is 3. The summed E-state index contributed by atoms with van der Waals surface area (Å²) in [5, 5.41) is 0. The number of fused-ring (bicyclic) bond motifs is 1. The van der Waals surface area contributed by atoms with Crippen molar-refractivity contribution < 1.29 is 14.3 Å². The molecule has 3 rings (SSSR count). The van der Waals surface area contributed by atoms with Gasteiger partial charge in [-0.25, -0.2) is 9.97 Å². The molecule has 0 bridgehead atoms. The minimum absolute atomic E-state index is 0.108. The number of methoxy groups -OCH3 is 2. The maximum absolute atomic E-state index is 12.7. The van der Waals surface area contributed by atoms with Crippen LogP contribution in [0.4, 0.5) is 0 Å². The predicted molar refractivity (Wildman–Crippen MR) is 75.2 cm³/mol. The van der Waals surface area contributed by atoms with Gasteiger partial charge in [0.2, 0.25) is 0 Å². The van der Waals surface area contributed by atoms with Gasteiger partial charge in [-0.3, -0.25) is 4.79 Å². The van der Waals surface area contributed by atoms with Gasteiger partial charge in [0.1, 0.15) is 6.33 Å². The van der Waals surface area contributed by atoms with E-state index < -0.39 is 0 Å². The third-order valence-electron chi connectivity index (χ3n) is 3.50. The Morgan fingerprint density at radius 1 is 1.24 bits per heavy atom. The summed E-state index contributed by atoms with van der Waals surface area (Å²) in [6, 6.07) is 5.27. The molecule has 0 fully saturated rings. The van der Waals surface area contributed by atoms with Crippen molar-refractivity contribution in [3.05, 3.63) is 47.5 Å². The number of rotatable bonds is 3. The molecule has 1 aliphatic heterocycles. The summed E-state index contributed by atoms with van der Waals surface area (Å²) in [5.41, 5.74) is 2.35. The maximum Gasteiger partial charge on any atom is 0.258 e. The second-order valence-corrected chi connectivity index (χ2v) is 4.70. The minimum atomic E-state index is -0.108. The molecule has 0 N–H and O–H groups in total. The van der Waals surface area contributed by atoms with Gasteiger partial charge >= 0.3 is 0 Å². The molecule has 2 heterocycles. The number of benzene rings is 1. The van der Waals surface area contributed by atoms with E-state index in [0.717, 1.165) is 11.3 Å². The first kappa shape index (κ1) is 13.4. The molecule has 0 saturated carbocycles. The molecule has 21 heavy (non-hydrogen) atoms. The normalized spacial score (nSPS) is 13.0. The van der Waals surface area contributed by atoms with E-state index >= 15 is 0 Å². The molecule has 1 aliphatic rings. The first-order valence-electron chi connectivity index (χ1n) is 6.52. The number of aromatic nitrogens is 2. The van der Waals surface area contributed by atoms with Crippen LogP contribution in [-0.4, -0.2) is 35.0 Å². The molecule has 0 spiro atoms. The monoisotopic (exact) mass is 285 g/mol. The van der Waals surface area contributed by atoms with Crippen LogP contribution in [0.15, 0.2) is 30.7 Å². The molecule has 0 atom stereocenters. The lowest BCUT2D eigenvalue weighted by Gasteiger charge is -2.18. The molecular formula is C15H15N3O3. The fourth-order valence-electron chi connectivity index (χ4n) is 2.47. The van der Waals surface area contributed by atoms with Crippen molar-refractivity contribution in [1.29, 1.82) is 0 Å². The van der Waals surface area contributed by atoms with Crippen LogP contribution in [0, 0.1) is 0 Å². The van der Waals surface area contributed by atoms with Gasteiger partial charge in [-0.15, -0.1) is 0 Å². The van der Waals surface area contributed by atoms with E-state index in [0.29, 0.717) is 30.2 Å². The Hall–Kier alpha value is -2.63. The summed E-state index contributed by atoms with van der Waals surface area (Å²) in [6.45, 7) is 0.992. The van der Waals surface area contributed by atoms with Gasteiger partial charge in [0.25, 0.3) is 5.91 Å². The van der Waals surface area contributed by atoms with Gasteiger partial charge in [-0.1, -0.05) is 6.07 Å². The van der Waals surface area contributed by atoms with E-state index in [-0.39, 0.29) is 5.91 Å². The van der Waals surface area contributed by atoms with E-state index in [4.69, 9.17) is 9.47 Å².